The molecule has 5 aromatic rings. The molecule has 0 N–H and O–H groups in total. The van der Waals surface area contributed by atoms with Crippen molar-refractivity contribution >= 4 is 43.4 Å². The Morgan fingerprint density at radius 2 is 1.73 bits per heavy atom. The van der Waals surface area contributed by atoms with Gasteiger partial charge in [0.25, 0.3) is 0 Å². The van der Waals surface area contributed by atoms with Crippen molar-refractivity contribution in [1.82, 2.24) is 9.55 Å². The Labute approximate surface area is 155 Å². The molecule has 4 heteroatoms. The molecular weight excluding hydrogens is 340 g/mol. The standard InChI is InChI=1S/C22H18N2OS/c1-3-24-19-10-8-14(22-23-18-6-4-5-7-21(18)26-22)12-16(19)17-13-15(25-2)9-11-20(17)24/h4-13H,3H2,1-2H3. The van der Waals surface area contributed by atoms with Gasteiger partial charge in [0.15, 0.2) is 0 Å². The molecule has 26 heavy (non-hydrogen) atoms. The third kappa shape index (κ3) is 2.22. The van der Waals surface area contributed by atoms with Crippen LogP contribution in [0.25, 0.3) is 42.6 Å². The Morgan fingerprint density at radius 3 is 2.50 bits per heavy atom. The van der Waals surface area contributed by atoms with E-state index in [-0.39, 0.29) is 0 Å². The average Bonchev–Trinajstić information content (AvgIpc) is 3.25. The van der Waals surface area contributed by atoms with Crippen molar-refractivity contribution in [3.05, 3.63) is 60.7 Å². The lowest BCUT2D eigenvalue weighted by molar-refractivity contribution is 0.415. The first-order valence-corrected chi connectivity index (χ1v) is 9.56. The summed E-state index contributed by atoms with van der Waals surface area (Å²) in [5.74, 6) is 0.887. The lowest BCUT2D eigenvalue weighted by Crippen LogP contribution is -1.92. The van der Waals surface area contributed by atoms with Gasteiger partial charge in [-0.2, -0.15) is 0 Å². The molecular formula is C22H18N2OS. The Morgan fingerprint density at radius 1 is 0.962 bits per heavy atom. The number of nitrogens with zero attached hydrogens (tertiary/aromatic N) is 2. The van der Waals surface area contributed by atoms with Crippen molar-refractivity contribution < 1.29 is 4.74 Å². The summed E-state index contributed by atoms with van der Waals surface area (Å²) in [6.45, 7) is 3.12. The summed E-state index contributed by atoms with van der Waals surface area (Å²) in [7, 11) is 1.72. The van der Waals surface area contributed by atoms with Crippen LogP contribution in [0, 0.1) is 0 Å². The van der Waals surface area contributed by atoms with Crippen molar-refractivity contribution in [3.63, 3.8) is 0 Å². The molecule has 0 aliphatic heterocycles. The fraction of sp³-hybridized carbons (Fsp3) is 0.136. The smallest absolute Gasteiger partial charge is 0.124 e. The van der Waals surface area contributed by atoms with Crippen molar-refractivity contribution in [3.8, 4) is 16.3 Å². The minimum atomic E-state index is 0.887. The quantitative estimate of drug-likeness (QED) is 0.390. The predicted molar refractivity (Wildman–Crippen MR) is 110 cm³/mol. The molecule has 0 bridgehead atoms. The number of hydrogen-bond acceptors (Lipinski definition) is 3. The van der Waals surface area contributed by atoms with E-state index in [1.807, 2.05) is 12.1 Å². The zero-order chi connectivity index (χ0) is 17.7. The summed E-state index contributed by atoms with van der Waals surface area (Å²) < 4.78 is 9.03. The van der Waals surface area contributed by atoms with Crippen LogP contribution < -0.4 is 4.74 Å². The minimum Gasteiger partial charge on any atom is -0.497 e. The van der Waals surface area contributed by atoms with Crippen molar-refractivity contribution in [2.24, 2.45) is 0 Å². The molecule has 0 spiro atoms. The Bertz CT molecular complexity index is 1230. The number of benzene rings is 3. The van der Waals surface area contributed by atoms with Gasteiger partial charge in [-0.15, -0.1) is 11.3 Å². The maximum atomic E-state index is 5.45. The third-order valence-corrected chi connectivity index (χ3v) is 6.01. The van der Waals surface area contributed by atoms with Crippen LogP contribution in [0.15, 0.2) is 60.7 Å². The van der Waals surface area contributed by atoms with E-state index in [1.54, 1.807) is 18.4 Å². The van der Waals surface area contributed by atoms with E-state index >= 15 is 0 Å². The Balaban J connectivity index is 1.79. The fourth-order valence-electron chi connectivity index (χ4n) is 3.68. The van der Waals surface area contributed by atoms with Gasteiger partial charge in [-0.3, -0.25) is 0 Å². The first-order chi connectivity index (χ1) is 12.8. The second-order valence-corrected chi connectivity index (χ2v) is 7.38. The maximum absolute atomic E-state index is 5.45. The van der Waals surface area contributed by atoms with Crippen molar-refractivity contribution in [1.29, 1.82) is 0 Å². The van der Waals surface area contributed by atoms with E-state index in [0.717, 1.165) is 28.4 Å². The molecule has 0 unspecified atom stereocenters. The number of aromatic nitrogens is 2. The molecule has 3 aromatic carbocycles. The van der Waals surface area contributed by atoms with Gasteiger partial charge in [0, 0.05) is 33.9 Å². The molecule has 0 aliphatic carbocycles. The largest absolute Gasteiger partial charge is 0.497 e. The maximum Gasteiger partial charge on any atom is 0.124 e. The molecule has 0 saturated heterocycles. The van der Waals surface area contributed by atoms with Crippen LogP contribution >= 0.6 is 11.3 Å². The topological polar surface area (TPSA) is 27.1 Å². The van der Waals surface area contributed by atoms with Crippen LogP contribution in [0.3, 0.4) is 0 Å². The third-order valence-electron chi connectivity index (χ3n) is 4.93. The number of rotatable bonds is 3. The average molecular weight is 358 g/mol. The lowest BCUT2D eigenvalue weighted by atomic mass is 10.1. The normalized spacial score (nSPS) is 11.6. The van der Waals surface area contributed by atoms with Crippen molar-refractivity contribution in [2.75, 3.05) is 7.11 Å². The first kappa shape index (κ1) is 15.4. The Kier molecular flexibility index (Phi) is 3.47. The summed E-state index contributed by atoms with van der Waals surface area (Å²) >= 11 is 1.74. The van der Waals surface area contributed by atoms with Gasteiger partial charge < -0.3 is 9.30 Å². The minimum absolute atomic E-state index is 0.887. The Hall–Kier alpha value is -2.85. The van der Waals surface area contributed by atoms with Gasteiger partial charge in [-0.1, -0.05) is 12.1 Å². The summed E-state index contributed by atoms with van der Waals surface area (Å²) in [4.78, 5) is 4.82. The molecule has 0 radical (unpaired) electrons. The van der Waals surface area contributed by atoms with Gasteiger partial charge in [0.1, 0.15) is 10.8 Å². The van der Waals surface area contributed by atoms with E-state index < -0.39 is 0 Å². The van der Waals surface area contributed by atoms with E-state index in [0.29, 0.717) is 0 Å². The van der Waals surface area contributed by atoms with Gasteiger partial charge in [0.2, 0.25) is 0 Å². The summed E-state index contributed by atoms with van der Waals surface area (Å²) in [6, 6.07) is 21.3. The van der Waals surface area contributed by atoms with Crippen LogP contribution in [0.4, 0.5) is 0 Å². The molecule has 2 heterocycles. The zero-order valence-corrected chi connectivity index (χ0v) is 15.5. The van der Waals surface area contributed by atoms with Crippen LogP contribution in [0.1, 0.15) is 6.92 Å². The highest BCUT2D eigenvalue weighted by Crippen LogP contribution is 2.36. The highest BCUT2D eigenvalue weighted by molar-refractivity contribution is 7.21. The number of methoxy groups -OCH3 is 1. The second kappa shape index (κ2) is 5.85. The van der Waals surface area contributed by atoms with Gasteiger partial charge in [-0.25, -0.2) is 4.98 Å². The molecule has 3 nitrogen and oxygen atoms in total. The van der Waals surface area contributed by atoms with Crippen LogP contribution in [-0.4, -0.2) is 16.7 Å². The molecule has 0 atom stereocenters. The molecule has 0 amide bonds. The summed E-state index contributed by atoms with van der Waals surface area (Å²) in [6.07, 6.45) is 0. The number of thiazole rings is 1. The number of ether oxygens (including phenoxy) is 1. The monoisotopic (exact) mass is 358 g/mol. The second-order valence-electron chi connectivity index (χ2n) is 6.35. The van der Waals surface area contributed by atoms with E-state index in [4.69, 9.17) is 9.72 Å². The highest BCUT2D eigenvalue weighted by Gasteiger charge is 2.13. The lowest BCUT2D eigenvalue weighted by Gasteiger charge is -2.03. The van der Waals surface area contributed by atoms with Crippen LogP contribution in [-0.2, 0) is 6.54 Å². The summed E-state index contributed by atoms with van der Waals surface area (Å²) in [5.41, 5.74) is 4.72. The van der Waals surface area contributed by atoms with Gasteiger partial charge in [-0.05, 0) is 55.5 Å². The molecule has 0 fully saturated rings. The summed E-state index contributed by atoms with van der Waals surface area (Å²) in [5, 5.41) is 3.54. The fourth-order valence-corrected chi connectivity index (χ4v) is 4.64. The molecule has 2 aromatic heterocycles. The van der Waals surface area contributed by atoms with E-state index in [1.165, 1.54) is 26.5 Å². The number of fused-ring (bicyclic) bond motifs is 4. The highest BCUT2D eigenvalue weighted by atomic mass is 32.1. The number of aryl methyl sites for hydroxylation is 1. The van der Waals surface area contributed by atoms with E-state index in [2.05, 4.69) is 60.0 Å². The first-order valence-electron chi connectivity index (χ1n) is 8.74. The van der Waals surface area contributed by atoms with Crippen LogP contribution in [0.5, 0.6) is 5.75 Å². The zero-order valence-electron chi connectivity index (χ0n) is 14.7. The SMILES string of the molecule is CCn1c2ccc(OC)cc2c2cc(-c3nc4ccccc4s3)ccc21. The molecule has 0 aliphatic rings. The van der Waals surface area contributed by atoms with Crippen molar-refractivity contribution in [2.45, 2.75) is 13.5 Å². The van der Waals surface area contributed by atoms with Gasteiger partial charge in [0.05, 0.1) is 17.3 Å². The number of hydrogen-bond donors (Lipinski definition) is 0. The molecule has 0 saturated carbocycles. The van der Waals surface area contributed by atoms with Crippen LogP contribution in [0.2, 0.25) is 0 Å². The van der Waals surface area contributed by atoms with Gasteiger partial charge >= 0.3 is 0 Å². The predicted octanol–water partition coefficient (Wildman–Crippen LogP) is 6.10. The van der Waals surface area contributed by atoms with E-state index in [9.17, 15) is 0 Å². The number of para-hydroxylation sites is 1. The molecule has 5 rings (SSSR count). The molecule has 128 valence electrons.